The average Bonchev–Trinajstić information content (AvgIpc) is 2.13. The average molecular weight is 230 g/mol. The number of hydrogen-bond acceptors (Lipinski definition) is 3. The van der Waals surface area contributed by atoms with Crippen molar-refractivity contribution in [3.05, 3.63) is 28.3 Å². The first-order valence-corrected chi connectivity index (χ1v) is 4.14. The summed E-state index contributed by atoms with van der Waals surface area (Å²) in [6, 6.07) is 3.38. The Hall–Kier alpha value is -1.73. The van der Waals surface area contributed by atoms with Gasteiger partial charge in [-0.2, -0.15) is 13.2 Å². The van der Waals surface area contributed by atoms with Crippen LogP contribution in [0.25, 0.3) is 0 Å². The normalized spacial score (nSPS) is 11.2. The lowest BCUT2D eigenvalue weighted by molar-refractivity contribution is -0.384. The molecule has 4 nitrogen and oxygen atoms in total. The van der Waals surface area contributed by atoms with Gasteiger partial charge < -0.3 is 5.32 Å². The van der Waals surface area contributed by atoms with Crippen LogP contribution in [-0.2, 0) is 0 Å². The number of nitrogens with one attached hydrogen (secondary N) is 1. The summed E-state index contributed by atoms with van der Waals surface area (Å²) in [6.07, 6.45) is -4.45. The fraction of sp³-hybridized carbons (Fsp3) is 0.250. The number of benzene rings is 1. The molecule has 0 spiro atoms. The Bertz CT molecular complexity index is 409. The Morgan fingerprint density at radius 3 is 2.56 bits per heavy atom. The highest BCUT2D eigenvalue weighted by Gasteiger charge is 2.28. The van der Waals surface area contributed by atoms with E-state index in [2.05, 4.69) is 0 Å². The molecule has 0 amide bonds. The molecule has 1 aromatic carbocycles. The highest BCUT2D eigenvalue weighted by molar-refractivity contribution is 6.32. The first kappa shape index (κ1) is 12.3. The van der Waals surface area contributed by atoms with Gasteiger partial charge in [-0.25, -0.2) is 0 Å². The molecule has 0 heterocycles. The quantitative estimate of drug-likeness (QED) is 0.484. The molecule has 1 rings (SSSR count). The number of anilines is 1. The minimum absolute atomic E-state index is 0.148. The summed E-state index contributed by atoms with van der Waals surface area (Å²) in [6.45, 7) is -1.35. The zero-order chi connectivity index (χ0) is 12.3. The van der Waals surface area contributed by atoms with Gasteiger partial charge in [-0.1, -0.05) is 11.5 Å². The van der Waals surface area contributed by atoms with Gasteiger partial charge in [0.15, 0.2) is 0 Å². The van der Waals surface area contributed by atoms with Gasteiger partial charge in [0.2, 0.25) is 0 Å². The highest BCUT2D eigenvalue weighted by atomic mass is 19.4. The molecule has 0 saturated carbocycles. The predicted molar refractivity (Wildman–Crippen MR) is 53.0 cm³/mol. The van der Waals surface area contributed by atoms with Crippen LogP contribution in [0.15, 0.2) is 18.2 Å². The lowest BCUT2D eigenvalue weighted by Crippen LogP contribution is -2.22. The van der Waals surface area contributed by atoms with E-state index in [-0.39, 0.29) is 11.2 Å². The Balaban J connectivity index is 2.93. The number of nitro groups is 1. The van der Waals surface area contributed by atoms with Gasteiger partial charge in [-0.05, 0) is 6.07 Å². The molecule has 0 saturated heterocycles. The lowest BCUT2D eigenvalue weighted by Gasteiger charge is -2.10. The molecule has 1 aromatic rings. The molecule has 0 aliphatic carbocycles. The van der Waals surface area contributed by atoms with E-state index in [0.717, 1.165) is 12.1 Å². The van der Waals surface area contributed by atoms with Crippen LogP contribution < -0.4 is 10.8 Å². The maximum atomic E-state index is 11.9. The van der Waals surface area contributed by atoms with E-state index in [1.165, 1.54) is 6.07 Å². The molecule has 0 atom stereocenters. The topological polar surface area (TPSA) is 55.2 Å². The summed E-state index contributed by atoms with van der Waals surface area (Å²) < 4.78 is 35.7. The van der Waals surface area contributed by atoms with Crippen LogP contribution in [0.5, 0.6) is 0 Å². The minimum atomic E-state index is -4.45. The molecule has 16 heavy (non-hydrogen) atoms. The molecule has 1 N–H and O–H groups in total. The van der Waals surface area contributed by atoms with Crippen molar-refractivity contribution in [2.45, 2.75) is 6.18 Å². The van der Waals surface area contributed by atoms with Gasteiger partial charge in [0.05, 0.1) is 4.92 Å². The summed E-state index contributed by atoms with van der Waals surface area (Å²) in [5, 5.41) is 12.4. The number of nitro benzene ring substituents is 1. The third-order valence-electron chi connectivity index (χ3n) is 1.70. The maximum Gasteiger partial charge on any atom is 0.405 e. The van der Waals surface area contributed by atoms with Crippen LogP contribution >= 0.6 is 0 Å². The third-order valence-corrected chi connectivity index (χ3v) is 1.70. The second-order valence-electron chi connectivity index (χ2n) is 3.00. The van der Waals surface area contributed by atoms with Crippen LogP contribution in [0.3, 0.4) is 0 Å². The number of hydrogen-bond donors (Lipinski definition) is 1. The van der Waals surface area contributed by atoms with Crippen LogP contribution in [0.2, 0.25) is 0 Å². The van der Waals surface area contributed by atoms with Crippen molar-refractivity contribution in [2.24, 2.45) is 0 Å². The first-order chi connectivity index (χ1) is 7.29. The van der Waals surface area contributed by atoms with Gasteiger partial charge in [0.1, 0.15) is 20.1 Å². The van der Waals surface area contributed by atoms with Crippen molar-refractivity contribution >= 4 is 24.7 Å². The Kier molecular flexibility index (Phi) is 3.41. The maximum absolute atomic E-state index is 11.9. The lowest BCUT2D eigenvalue weighted by atomic mass is 9.95. The second-order valence-corrected chi connectivity index (χ2v) is 3.00. The molecular formula is C8H6BF3N2O2. The summed E-state index contributed by atoms with van der Waals surface area (Å²) in [5.74, 6) is 0. The van der Waals surface area contributed by atoms with Crippen LogP contribution in [0, 0.1) is 10.1 Å². The van der Waals surface area contributed by atoms with Gasteiger partial charge in [-0.3, -0.25) is 10.1 Å². The number of rotatable bonds is 3. The van der Waals surface area contributed by atoms with E-state index in [1.807, 2.05) is 5.32 Å². The molecular weight excluding hydrogens is 224 g/mol. The van der Waals surface area contributed by atoms with E-state index >= 15 is 0 Å². The minimum Gasteiger partial charge on any atom is -0.371 e. The zero-order valence-corrected chi connectivity index (χ0v) is 7.91. The highest BCUT2D eigenvalue weighted by Crippen LogP contribution is 2.24. The van der Waals surface area contributed by atoms with Crippen molar-refractivity contribution < 1.29 is 18.1 Å². The van der Waals surface area contributed by atoms with E-state index < -0.39 is 23.3 Å². The number of nitrogens with zero attached hydrogens (tertiary/aromatic N) is 1. The fourth-order valence-electron chi connectivity index (χ4n) is 1.05. The Labute approximate surface area is 90.0 Å². The van der Waals surface area contributed by atoms with Gasteiger partial charge in [-0.15, -0.1) is 0 Å². The Morgan fingerprint density at radius 1 is 1.44 bits per heavy atom. The first-order valence-electron chi connectivity index (χ1n) is 4.14. The zero-order valence-electron chi connectivity index (χ0n) is 7.91. The predicted octanol–water partition coefficient (Wildman–Crippen LogP) is 1.36. The van der Waals surface area contributed by atoms with Crippen molar-refractivity contribution in [1.82, 2.24) is 0 Å². The third kappa shape index (κ3) is 3.45. The number of halogens is 3. The monoisotopic (exact) mass is 230 g/mol. The van der Waals surface area contributed by atoms with E-state index in [0.29, 0.717) is 0 Å². The summed E-state index contributed by atoms with van der Waals surface area (Å²) in [5.41, 5.74) is -0.545. The molecule has 0 fully saturated rings. The molecule has 2 radical (unpaired) electrons. The van der Waals surface area contributed by atoms with Crippen molar-refractivity contribution in [1.29, 1.82) is 0 Å². The van der Waals surface area contributed by atoms with Crippen LogP contribution in [0.4, 0.5) is 24.5 Å². The molecule has 0 aliphatic heterocycles. The fourth-order valence-corrected chi connectivity index (χ4v) is 1.05. The smallest absolute Gasteiger partial charge is 0.371 e. The summed E-state index contributed by atoms with van der Waals surface area (Å²) >= 11 is 0. The SMILES string of the molecule is [B]c1ccc([N+](=O)[O-])c(NCC(F)(F)F)c1. The van der Waals surface area contributed by atoms with Crippen LogP contribution in [-0.4, -0.2) is 25.5 Å². The van der Waals surface area contributed by atoms with Gasteiger partial charge >= 0.3 is 6.18 Å². The van der Waals surface area contributed by atoms with Gasteiger partial charge in [0.25, 0.3) is 5.69 Å². The molecule has 0 bridgehead atoms. The van der Waals surface area contributed by atoms with Crippen molar-refractivity contribution in [3.8, 4) is 0 Å². The van der Waals surface area contributed by atoms with E-state index in [9.17, 15) is 23.3 Å². The van der Waals surface area contributed by atoms with Crippen molar-refractivity contribution in [3.63, 3.8) is 0 Å². The summed E-state index contributed by atoms with van der Waals surface area (Å²) in [4.78, 5) is 9.72. The van der Waals surface area contributed by atoms with Crippen LogP contribution in [0.1, 0.15) is 0 Å². The molecule has 0 aromatic heterocycles. The molecule has 8 heteroatoms. The molecule has 84 valence electrons. The second kappa shape index (κ2) is 4.42. The largest absolute Gasteiger partial charge is 0.405 e. The van der Waals surface area contributed by atoms with Crippen molar-refractivity contribution in [2.75, 3.05) is 11.9 Å². The number of alkyl halides is 3. The molecule has 0 aliphatic rings. The molecule has 0 unspecified atom stereocenters. The van der Waals surface area contributed by atoms with E-state index in [1.54, 1.807) is 0 Å². The Morgan fingerprint density at radius 2 is 2.06 bits per heavy atom. The standard InChI is InChI=1S/C8H6BF3N2O2/c9-5-1-2-7(14(15)16)6(3-5)13-4-8(10,11)12/h1-3,13H,4H2. The van der Waals surface area contributed by atoms with Gasteiger partial charge in [0, 0.05) is 6.07 Å². The summed E-state index contributed by atoms with van der Waals surface area (Å²) in [7, 11) is 5.32. The van der Waals surface area contributed by atoms with E-state index in [4.69, 9.17) is 7.85 Å².